The Labute approximate surface area is 139 Å². The van der Waals surface area contributed by atoms with Crippen molar-refractivity contribution in [2.75, 3.05) is 0 Å². The van der Waals surface area contributed by atoms with E-state index in [-0.39, 0.29) is 12.6 Å². The van der Waals surface area contributed by atoms with Crippen molar-refractivity contribution in [2.24, 2.45) is 0 Å². The van der Waals surface area contributed by atoms with E-state index in [9.17, 15) is 4.79 Å². The number of imidazole rings is 1. The van der Waals surface area contributed by atoms with Gasteiger partial charge in [0.15, 0.2) is 0 Å². The number of hydrogen-bond donors (Lipinski definition) is 0. The molecule has 0 amide bonds. The number of nitrogens with zero attached hydrogens (tertiary/aromatic N) is 2. The second-order valence-electron chi connectivity index (χ2n) is 5.36. The van der Waals surface area contributed by atoms with Gasteiger partial charge in [-0.3, -0.25) is 0 Å². The number of esters is 1. The van der Waals surface area contributed by atoms with E-state index in [1.807, 2.05) is 48.9 Å². The number of carbonyl (C=O) groups excluding carboxylic acids is 1. The Bertz CT molecular complexity index is 806. The Morgan fingerprint density at radius 3 is 2.74 bits per heavy atom. The Morgan fingerprint density at radius 1 is 1.26 bits per heavy atom. The minimum Gasteiger partial charge on any atom is -0.454 e. The van der Waals surface area contributed by atoms with Crippen molar-refractivity contribution in [1.82, 2.24) is 9.55 Å². The molecule has 0 unspecified atom stereocenters. The van der Waals surface area contributed by atoms with Gasteiger partial charge < -0.3 is 9.30 Å². The molecule has 1 aromatic carbocycles. The largest absolute Gasteiger partial charge is 0.454 e. The highest BCUT2D eigenvalue weighted by Crippen LogP contribution is 2.21. The van der Waals surface area contributed by atoms with E-state index in [0.717, 1.165) is 15.6 Å². The lowest BCUT2D eigenvalue weighted by Crippen LogP contribution is -2.10. The predicted molar refractivity (Wildman–Crippen MR) is 90.7 cm³/mol. The van der Waals surface area contributed by atoms with Crippen molar-refractivity contribution in [3.05, 3.63) is 75.5 Å². The van der Waals surface area contributed by atoms with Crippen molar-refractivity contribution in [3.63, 3.8) is 0 Å². The molecule has 0 fully saturated rings. The van der Waals surface area contributed by atoms with Crippen LogP contribution in [-0.2, 0) is 17.9 Å². The fourth-order valence-electron chi connectivity index (χ4n) is 2.45. The summed E-state index contributed by atoms with van der Waals surface area (Å²) in [7, 11) is 0. The van der Waals surface area contributed by atoms with Gasteiger partial charge in [-0.15, -0.1) is 11.3 Å². The van der Waals surface area contributed by atoms with E-state index in [1.165, 1.54) is 5.56 Å². The molecule has 0 aliphatic rings. The van der Waals surface area contributed by atoms with Gasteiger partial charge in [0.2, 0.25) is 0 Å². The zero-order chi connectivity index (χ0) is 16.2. The summed E-state index contributed by atoms with van der Waals surface area (Å²) in [6.45, 7) is 4.81. The van der Waals surface area contributed by atoms with Crippen LogP contribution in [0.2, 0.25) is 0 Å². The summed E-state index contributed by atoms with van der Waals surface area (Å²) in [5, 5.41) is 0. The third kappa shape index (κ3) is 3.68. The average molecular weight is 326 g/mol. The van der Waals surface area contributed by atoms with Crippen molar-refractivity contribution in [3.8, 4) is 0 Å². The van der Waals surface area contributed by atoms with Crippen molar-refractivity contribution in [2.45, 2.75) is 27.0 Å². The third-order valence-corrected chi connectivity index (χ3v) is 4.56. The molecule has 3 rings (SSSR count). The summed E-state index contributed by atoms with van der Waals surface area (Å²) in [5.41, 5.74) is 1.83. The first-order chi connectivity index (χ1) is 11.1. The molecule has 5 heteroatoms. The van der Waals surface area contributed by atoms with Crippen LogP contribution in [0.1, 0.15) is 31.5 Å². The molecule has 2 heterocycles. The highest BCUT2D eigenvalue weighted by atomic mass is 32.1. The lowest BCUT2D eigenvalue weighted by atomic mass is 10.2. The van der Waals surface area contributed by atoms with Crippen LogP contribution in [0.15, 0.2) is 48.8 Å². The maximum Gasteiger partial charge on any atom is 0.339 e. The highest BCUT2D eigenvalue weighted by molar-refractivity contribution is 7.12. The van der Waals surface area contributed by atoms with Gasteiger partial charge in [0.1, 0.15) is 12.4 Å². The van der Waals surface area contributed by atoms with Crippen LogP contribution < -0.4 is 0 Å². The van der Waals surface area contributed by atoms with Crippen LogP contribution in [0.4, 0.5) is 0 Å². The van der Waals surface area contributed by atoms with Crippen LogP contribution in [0, 0.1) is 13.8 Å². The Balaban J connectivity index is 1.66. The van der Waals surface area contributed by atoms with Gasteiger partial charge >= 0.3 is 5.97 Å². The van der Waals surface area contributed by atoms with Gasteiger partial charge in [-0.05, 0) is 25.5 Å². The first kappa shape index (κ1) is 15.5. The molecule has 0 N–H and O–H groups in total. The fourth-order valence-corrected chi connectivity index (χ4v) is 3.36. The molecule has 3 aromatic rings. The van der Waals surface area contributed by atoms with Gasteiger partial charge in [0.05, 0.1) is 5.56 Å². The van der Waals surface area contributed by atoms with E-state index in [1.54, 1.807) is 17.5 Å². The Hall–Kier alpha value is -2.40. The first-order valence-electron chi connectivity index (χ1n) is 7.41. The SMILES string of the molecule is Cc1cc(C(=O)OCc2nccn2Cc2ccccc2)c(C)s1. The molecule has 0 saturated carbocycles. The second-order valence-corrected chi connectivity index (χ2v) is 6.82. The third-order valence-electron chi connectivity index (χ3n) is 3.59. The van der Waals surface area contributed by atoms with E-state index >= 15 is 0 Å². The van der Waals surface area contributed by atoms with Gasteiger partial charge in [-0.25, -0.2) is 9.78 Å². The molecule has 118 valence electrons. The second kappa shape index (κ2) is 6.79. The van der Waals surface area contributed by atoms with Crippen LogP contribution in [0.5, 0.6) is 0 Å². The van der Waals surface area contributed by atoms with Crippen molar-refractivity contribution in [1.29, 1.82) is 0 Å². The van der Waals surface area contributed by atoms with Gasteiger partial charge in [-0.1, -0.05) is 30.3 Å². The van der Waals surface area contributed by atoms with E-state index in [0.29, 0.717) is 12.1 Å². The van der Waals surface area contributed by atoms with E-state index < -0.39 is 0 Å². The van der Waals surface area contributed by atoms with E-state index in [2.05, 4.69) is 17.1 Å². The normalized spacial score (nSPS) is 10.7. The topological polar surface area (TPSA) is 44.1 Å². The molecule has 0 bridgehead atoms. The van der Waals surface area contributed by atoms with Crippen LogP contribution >= 0.6 is 11.3 Å². The molecule has 23 heavy (non-hydrogen) atoms. The van der Waals surface area contributed by atoms with Crippen LogP contribution in [0.25, 0.3) is 0 Å². The summed E-state index contributed by atoms with van der Waals surface area (Å²) < 4.78 is 7.42. The minimum absolute atomic E-state index is 0.174. The van der Waals surface area contributed by atoms with Gasteiger partial charge in [0, 0.05) is 28.7 Å². The molecule has 0 spiro atoms. The number of thiophene rings is 1. The summed E-state index contributed by atoms with van der Waals surface area (Å²) >= 11 is 1.60. The fraction of sp³-hybridized carbons (Fsp3) is 0.222. The maximum absolute atomic E-state index is 12.2. The summed E-state index contributed by atoms with van der Waals surface area (Å²) in [6, 6.07) is 12.0. The molecule has 4 nitrogen and oxygen atoms in total. The molecule has 2 aromatic heterocycles. The number of ether oxygens (including phenoxy) is 1. The number of rotatable bonds is 5. The van der Waals surface area contributed by atoms with Crippen LogP contribution in [-0.4, -0.2) is 15.5 Å². The van der Waals surface area contributed by atoms with Gasteiger partial charge in [0.25, 0.3) is 0 Å². The number of aryl methyl sites for hydroxylation is 2. The van der Waals surface area contributed by atoms with Gasteiger partial charge in [-0.2, -0.15) is 0 Å². The maximum atomic E-state index is 12.2. The Morgan fingerprint density at radius 2 is 2.04 bits per heavy atom. The van der Waals surface area contributed by atoms with E-state index in [4.69, 9.17) is 4.74 Å². The number of benzene rings is 1. The average Bonchev–Trinajstić information content (AvgIpc) is 3.12. The lowest BCUT2D eigenvalue weighted by molar-refractivity contribution is 0.0458. The molecular formula is C18H18N2O2S. The number of carbonyl (C=O) groups is 1. The first-order valence-corrected chi connectivity index (χ1v) is 8.23. The molecule has 0 aliphatic heterocycles. The number of hydrogen-bond acceptors (Lipinski definition) is 4. The highest BCUT2D eigenvalue weighted by Gasteiger charge is 2.14. The lowest BCUT2D eigenvalue weighted by Gasteiger charge is -2.09. The molecule has 0 radical (unpaired) electrons. The quantitative estimate of drug-likeness (QED) is 0.667. The van der Waals surface area contributed by atoms with Crippen molar-refractivity contribution >= 4 is 17.3 Å². The summed E-state index contributed by atoms with van der Waals surface area (Å²) in [4.78, 5) is 18.6. The summed E-state index contributed by atoms with van der Waals surface area (Å²) in [5.74, 6) is 0.452. The summed E-state index contributed by atoms with van der Waals surface area (Å²) in [6.07, 6.45) is 3.63. The number of aromatic nitrogens is 2. The predicted octanol–water partition coefficient (Wildman–Crippen LogP) is 3.97. The Kier molecular flexibility index (Phi) is 4.57. The monoisotopic (exact) mass is 326 g/mol. The zero-order valence-electron chi connectivity index (χ0n) is 13.2. The molecule has 0 aliphatic carbocycles. The smallest absolute Gasteiger partial charge is 0.339 e. The molecule has 0 atom stereocenters. The molecule has 0 saturated heterocycles. The van der Waals surface area contributed by atoms with Crippen molar-refractivity contribution < 1.29 is 9.53 Å². The molecular weight excluding hydrogens is 308 g/mol. The zero-order valence-corrected chi connectivity index (χ0v) is 14.0. The standard InChI is InChI=1S/C18H18N2O2S/c1-13-10-16(14(2)23-13)18(21)22-12-17-19-8-9-20(17)11-15-6-4-3-5-7-15/h3-10H,11-12H2,1-2H3. The van der Waals surface area contributed by atoms with Crippen LogP contribution in [0.3, 0.4) is 0 Å². The minimum atomic E-state index is -0.291.